The molecule has 9 N–H and O–H groups in total. The summed E-state index contributed by atoms with van der Waals surface area (Å²) in [6, 6.07) is 18.0. The molecule has 0 amide bonds. The minimum Gasteiger partial charge on any atom is -0.482 e. The number of aliphatic hydroxyl groups excluding tert-OH is 6. The van der Waals surface area contributed by atoms with Gasteiger partial charge in [-0.1, -0.05) is 115 Å². The van der Waals surface area contributed by atoms with Crippen LogP contribution in [0.4, 0.5) is 0 Å². The Morgan fingerprint density at radius 3 is 1.06 bits per heavy atom. The van der Waals surface area contributed by atoms with Crippen molar-refractivity contribution >= 4 is 35.8 Å². The van der Waals surface area contributed by atoms with E-state index in [1.807, 2.05) is 36.4 Å². The Morgan fingerprint density at radius 1 is 0.398 bits per heavy atom. The molecule has 3 aromatic rings. The molecule has 9 aliphatic rings. The quantitative estimate of drug-likeness (QED) is 0.0146. The largest absolute Gasteiger partial charge is 0.482 e. The summed E-state index contributed by atoms with van der Waals surface area (Å²) in [6.45, 7) is 6.38. The minimum absolute atomic E-state index is 0.138. The van der Waals surface area contributed by atoms with E-state index in [9.17, 15) is 59.4 Å². The number of benzene rings is 3. The van der Waals surface area contributed by atoms with Crippen molar-refractivity contribution in [2.75, 3.05) is 26.4 Å². The predicted molar refractivity (Wildman–Crippen MR) is 427 cm³/mol. The Morgan fingerprint density at radius 2 is 0.726 bits per heavy atom. The van der Waals surface area contributed by atoms with Crippen molar-refractivity contribution < 1.29 is 103 Å². The molecule has 6 saturated carbocycles. The second kappa shape index (κ2) is 44.8. The summed E-state index contributed by atoms with van der Waals surface area (Å²) in [5.74, 6) is 1.53. The number of hydrogen-bond donors (Lipinski definition) is 9. The van der Waals surface area contributed by atoms with Gasteiger partial charge in [0.25, 0.3) is 0 Å². The number of unbranched alkanes of at least 4 members (excludes halogenated alkanes) is 6. The number of rotatable bonds is 38. The molecular weight excluding hydrogens is 1440 g/mol. The molecule has 9 aliphatic carbocycles. The molecule has 0 bridgehead atoms. The van der Waals surface area contributed by atoms with Crippen LogP contribution in [0.5, 0.6) is 17.2 Å². The highest BCUT2D eigenvalue weighted by Gasteiger charge is 2.48. The van der Waals surface area contributed by atoms with Crippen LogP contribution in [0.25, 0.3) is 0 Å². The molecule has 6 fully saturated rings. The van der Waals surface area contributed by atoms with E-state index in [-0.39, 0.29) is 122 Å². The molecule has 0 radical (unpaired) electrons. The average molecular weight is 1580 g/mol. The third-order valence-corrected chi connectivity index (χ3v) is 27.5. The lowest BCUT2D eigenvalue weighted by atomic mass is 9.73. The van der Waals surface area contributed by atoms with Crippen LogP contribution in [-0.2, 0) is 81.5 Å². The highest BCUT2D eigenvalue weighted by Crippen LogP contribution is 2.52. The summed E-state index contributed by atoms with van der Waals surface area (Å²) in [5, 5.41) is 91.1. The number of aliphatic hydroxyl groups is 6. The SMILES string of the molecule is CCCCC[C@H](O)CC[C@@H]1[C@H]2Cc3cccc(OCC(=O)OC4CCC(C(=O)O)CC4)c3C[C@H]2C[C@H]1O.CCCCC[C@H](O)CC[C@@H]1[C@H]2Cc3cccc(OCC(=O)OC4CCC(CC(=O)O)CC4)c3C[C@H]2C[C@H]1O.CCCCC[C@H](O)CC[C@@H]1[C@H]2Cc3cccc(OCC(=O)OCC4CCC(C(=O)O)CC4)c3C[C@H]2C[C@H]1O. The minimum atomic E-state index is -0.773. The second-order valence-electron chi connectivity index (χ2n) is 35.4. The van der Waals surface area contributed by atoms with E-state index in [1.165, 1.54) is 16.7 Å². The third-order valence-electron chi connectivity index (χ3n) is 27.5. The van der Waals surface area contributed by atoms with Crippen LogP contribution < -0.4 is 14.2 Å². The zero-order valence-corrected chi connectivity index (χ0v) is 67.9. The number of carboxylic acid groups (broad SMARTS) is 3. The average Bonchev–Trinajstić information content (AvgIpc) is 1.65. The van der Waals surface area contributed by atoms with E-state index in [0.29, 0.717) is 99.2 Å². The highest BCUT2D eigenvalue weighted by molar-refractivity contribution is 5.73. The molecule has 0 heterocycles. The van der Waals surface area contributed by atoms with E-state index in [4.69, 9.17) is 43.7 Å². The van der Waals surface area contributed by atoms with Crippen LogP contribution in [0, 0.1) is 76.9 Å². The van der Waals surface area contributed by atoms with Crippen molar-refractivity contribution in [2.45, 2.75) is 326 Å². The second-order valence-corrected chi connectivity index (χ2v) is 35.4. The van der Waals surface area contributed by atoms with Crippen molar-refractivity contribution in [3.63, 3.8) is 0 Å². The maximum atomic E-state index is 12.5. The van der Waals surface area contributed by atoms with Gasteiger partial charge in [-0.2, -0.15) is 0 Å². The van der Waals surface area contributed by atoms with Gasteiger partial charge >= 0.3 is 35.8 Å². The number of carbonyl (C=O) groups is 6. The van der Waals surface area contributed by atoms with Crippen LogP contribution in [0.1, 0.15) is 272 Å². The molecule has 0 saturated heterocycles. The van der Waals surface area contributed by atoms with Crippen LogP contribution in [-0.4, -0.2) is 157 Å². The molecule has 0 spiro atoms. The standard InChI is InChI=1S/2C31H46O7.C30H44O7/c1-2-3-4-7-23(32)11-14-25-26-16-21-6-5-8-29(27(21)17-22(26)18-28(25)33)37-19-31(36)38-24-12-9-20(10-13-24)15-30(34)35;1-2-3-4-7-24(32)13-14-25-26-15-22-6-5-8-29(27(22)16-23(26)17-28(25)33)37-19-30(34)38-18-20-9-11-21(12-10-20)31(35)36;1-2-3-4-7-22(31)11-14-24-25-15-20-6-5-8-28(26(20)16-21(25)17-27(24)32)36-18-29(33)37-23-12-9-19(10-13-23)30(34)35/h5-6,8,20,22-26,28,32-33H,2-4,7,9-19H2,1H3,(H,34,35);5-6,8,20-21,23-26,28,32-33H,2-4,7,9-19H2,1H3,(H,35,36);5-6,8,19,21-25,27,31-32H,2-4,7,9-18H2,1H3,(H,34,35)/t20?,22-,23-,24?,25+,26-,28+;20?,21?,23-,24-,25+,26-,28+;19?,21-,22-,23?,24+,25-,27+/m000/s1. The summed E-state index contributed by atoms with van der Waals surface area (Å²) in [5.41, 5.74) is 7.10. The Bertz CT molecular complexity index is 3460. The molecule has 0 aliphatic heterocycles. The first-order chi connectivity index (χ1) is 54.5. The first-order valence-electron chi connectivity index (χ1n) is 44.1. The lowest BCUT2D eigenvalue weighted by molar-refractivity contribution is -0.155. The Kier molecular flexibility index (Phi) is 35.3. The lowest BCUT2D eigenvalue weighted by Crippen LogP contribution is -2.30. The monoisotopic (exact) mass is 1580 g/mol. The fraction of sp³-hybridized carbons (Fsp3) is 0.739. The smallest absolute Gasteiger partial charge is 0.344 e. The molecule has 3 aromatic carbocycles. The number of ether oxygens (including phenoxy) is 6. The van der Waals surface area contributed by atoms with Crippen LogP contribution in [0.15, 0.2) is 54.6 Å². The van der Waals surface area contributed by atoms with Gasteiger partial charge in [-0.05, 0) is 309 Å². The van der Waals surface area contributed by atoms with Crippen molar-refractivity contribution in [2.24, 2.45) is 76.9 Å². The van der Waals surface area contributed by atoms with Crippen molar-refractivity contribution in [3.8, 4) is 17.2 Å². The Balaban J connectivity index is 0.000000180. The van der Waals surface area contributed by atoms with E-state index >= 15 is 0 Å². The molecule has 21 heteroatoms. The fourth-order valence-electron chi connectivity index (χ4n) is 21.1. The summed E-state index contributed by atoms with van der Waals surface area (Å²) in [7, 11) is 0. The summed E-state index contributed by atoms with van der Waals surface area (Å²) in [4.78, 5) is 70.5. The van der Waals surface area contributed by atoms with Crippen molar-refractivity contribution in [3.05, 3.63) is 88.0 Å². The van der Waals surface area contributed by atoms with E-state index < -0.39 is 29.8 Å². The van der Waals surface area contributed by atoms with E-state index in [1.54, 1.807) is 0 Å². The number of carboxylic acids is 3. The maximum Gasteiger partial charge on any atom is 0.344 e. The highest BCUT2D eigenvalue weighted by atomic mass is 16.6. The third kappa shape index (κ3) is 26.3. The fourth-order valence-corrected chi connectivity index (χ4v) is 21.1. The number of hydrogen-bond acceptors (Lipinski definition) is 18. The first kappa shape index (κ1) is 89.0. The predicted octanol–water partition coefficient (Wildman–Crippen LogP) is 14.7. The number of fused-ring (bicyclic) bond motifs is 6. The molecule has 15 atom stereocenters. The number of aliphatic carboxylic acids is 3. The van der Waals surface area contributed by atoms with E-state index in [2.05, 4.69) is 39.0 Å². The molecule has 0 aromatic heterocycles. The normalized spacial score (nSPS) is 29.4. The van der Waals surface area contributed by atoms with Gasteiger partial charge in [-0.25, -0.2) is 14.4 Å². The van der Waals surface area contributed by atoms with Crippen molar-refractivity contribution in [1.82, 2.24) is 0 Å². The van der Waals surface area contributed by atoms with E-state index in [0.717, 1.165) is 227 Å². The zero-order chi connectivity index (χ0) is 80.5. The molecule has 630 valence electrons. The summed E-state index contributed by atoms with van der Waals surface area (Å²) < 4.78 is 34.4. The molecule has 0 unspecified atom stereocenters. The maximum absolute atomic E-state index is 12.5. The lowest BCUT2D eigenvalue weighted by Gasteiger charge is -2.32. The summed E-state index contributed by atoms with van der Waals surface area (Å²) in [6.07, 6.45) is 31.0. The van der Waals surface area contributed by atoms with Gasteiger partial charge < -0.3 is 74.4 Å². The van der Waals surface area contributed by atoms with Gasteiger partial charge in [0.2, 0.25) is 0 Å². The molecular formula is C92H136O21. The molecule has 113 heavy (non-hydrogen) atoms. The topological polar surface area (TPSA) is 340 Å². The number of esters is 3. The molecule has 12 rings (SSSR count). The van der Waals surface area contributed by atoms with Gasteiger partial charge in [-0.15, -0.1) is 0 Å². The van der Waals surface area contributed by atoms with Crippen LogP contribution in [0.3, 0.4) is 0 Å². The molecule has 21 nitrogen and oxygen atoms in total. The summed E-state index contributed by atoms with van der Waals surface area (Å²) >= 11 is 0. The Hall–Kier alpha value is -6.36. The van der Waals surface area contributed by atoms with Crippen LogP contribution in [0.2, 0.25) is 0 Å². The van der Waals surface area contributed by atoms with Gasteiger partial charge in [0.1, 0.15) is 29.5 Å². The van der Waals surface area contributed by atoms with Gasteiger partial charge in [0.15, 0.2) is 19.8 Å². The van der Waals surface area contributed by atoms with Crippen molar-refractivity contribution in [1.29, 1.82) is 0 Å². The van der Waals surface area contributed by atoms with Gasteiger partial charge in [0.05, 0.1) is 55.1 Å². The van der Waals surface area contributed by atoms with Gasteiger partial charge in [0, 0.05) is 6.42 Å². The zero-order valence-electron chi connectivity index (χ0n) is 67.9. The number of carbonyl (C=O) groups excluding carboxylic acids is 3. The van der Waals surface area contributed by atoms with Gasteiger partial charge in [-0.3, -0.25) is 14.4 Å². The first-order valence-corrected chi connectivity index (χ1v) is 44.1. The van der Waals surface area contributed by atoms with Crippen LogP contribution >= 0.6 is 0 Å². The Labute approximate surface area is 670 Å².